The summed E-state index contributed by atoms with van der Waals surface area (Å²) in [5, 5.41) is 0. The molecule has 0 radical (unpaired) electrons. The maximum absolute atomic E-state index is 12.6. The van der Waals surface area contributed by atoms with Crippen molar-refractivity contribution in [2.75, 3.05) is 21.0 Å². The van der Waals surface area contributed by atoms with Gasteiger partial charge in [-0.25, -0.2) is 4.79 Å². The van der Waals surface area contributed by atoms with Gasteiger partial charge in [0.25, 0.3) is 0 Å². The Morgan fingerprint density at radius 1 is 0.844 bits per heavy atom. The topological polar surface area (TPSA) is 80.3 Å². The van der Waals surface area contributed by atoms with E-state index in [1.807, 2.05) is 0 Å². The molecule has 7 heteroatoms. The average molecular weight is 432 g/mol. The summed E-state index contributed by atoms with van der Waals surface area (Å²) in [5.74, 6) is 1.79. The van der Waals surface area contributed by atoms with Crippen LogP contribution in [0.15, 0.2) is 66.7 Å². The molecule has 0 fully saturated rings. The van der Waals surface area contributed by atoms with Crippen LogP contribution in [0.1, 0.15) is 26.3 Å². The maximum Gasteiger partial charge on any atom is 0.343 e. The molecule has 0 atom stereocenters. The van der Waals surface area contributed by atoms with Crippen LogP contribution in [0, 0.1) is 0 Å². The van der Waals surface area contributed by atoms with Gasteiger partial charge in [0, 0.05) is 0 Å². The van der Waals surface area contributed by atoms with Gasteiger partial charge in [-0.1, -0.05) is 18.2 Å². The smallest absolute Gasteiger partial charge is 0.343 e. The van der Waals surface area contributed by atoms with Crippen LogP contribution in [0.2, 0.25) is 0 Å². The van der Waals surface area contributed by atoms with Crippen molar-refractivity contribution >= 4 is 17.8 Å². The summed E-state index contributed by atoms with van der Waals surface area (Å²) in [6.45, 7) is 0.135. The molecule has 162 valence electrons. The number of carbonyl (C=O) groups is 2. The molecule has 0 unspecified atom stereocenters. The number of esters is 1. The first-order chi connectivity index (χ1) is 15.6. The number of rotatable bonds is 7. The summed E-state index contributed by atoms with van der Waals surface area (Å²) in [5.41, 5.74) is 1.52. The Balaban J connectivity index is 1.42. The van der Waals surface area contributed by atoms with Crippen molar-refractivity contribution in [2.45, 2.75) is 0 Å². The van der Waals surface area contributed by atoms with Gasteiger partial charge in [0.15, 0.2) is 17.3 Å². The van der Waals surface area contributed by atoms with E-state index in [-0.39, 0.29) is 12.6 Å². The van der Waals surface area contributed by atoms with E-state index >= 15 is 0 Å². The van der Waals surface area contributed by atoms with Crippen molar-refractivity contribution in [1.82, 2.24) is 0 Å². The molecule has 0 spiro atoms. The molecule has 0 aromatic heterocycles. The van der Waals surface area contributed by atoms with E-state index in [0.717, 1.165) is 5.56 Å². The molecular formula is C25H20O7. The van der Waals surface area contributed by atoms with E-state index < -0.39 is 5.97 Å². The van der Waals surface area contributed by atoms with Crippen LogP contribution in [0.5, 0.6) is 28.7 Å². The first-order valence-corrected chi connectivity index (χ1v) is 9.73. The zero-order valence-electron chi connectivity index (χ0n) is 17.5. The molecule has 0 aliphatic carbocycles. The first-order valence-electron chi connectivity index (χ1n) is 9.73. The Morgan fingerprint density at radius 3 is 2.34 bits per heavy atom. The Labute approximate surface area is 184 Å². The standard InChI is InChI=1S/C25H20O7/c1-28-19-9-12-22(29-2)20(14-19)21(26)10-5-16-3-7-18(8-4-16)32-25(27)17-6-11-23-24(13-17)31-15-30-23/h3-14H,15H2,1-2H3. The number of carbonyl (C=O) groups excluding carboxylic acids is 2. The highest BCUT2D eigenvalue weighted by atomic mass is 16.7. The van der Waals surface area contributed by atoms with Gasteiger partial charge in [0.2, 0.25) is 6.79 Å². The van der Waals surface area contributed by atoms with E-state index in [9.17, 15) is 9.59 Å². The molecule has 0 N–H and O–H groups in total. The summed E-state index contributed by atoms with van der Waals surface area (Å²) < 4.78 is 26.4. The van der Waals surface area contributed by atoms with E-state index in [1.165, 1.54) is 20.3 Å². The first kappa shape index (κ1) is 21.0. The maximum atomic E-state index is 12.6. The number of allylic oxidation sites excluding steroid dienone is 1. The zero-order chi connectivity index (χ0) is 22.5. The number of ketones is 1. The highest BCUT2D eigenvalue weighted by molar-refractivity contribution is 6.08. The van der Waals surface area contributed by atoms with E-state index in [1.54, 1.807) is 66.7 Å². The van der Waals surface area contributed by atoms with Gasteiger partial charge in [-0.05, 0) is 60.2 Å². The molecule has 3 aromatic carbocycles. The largest absolute Gasteiger partial charge is 0.497 e. The highest BCUT2D eigenvalue weighted by Gasteiger charge is 2.17. The lowest BCUT2D eigenvalue weighted by molar-refractivity contribution is 0.0734. The van der Waals surface area contributed by atoms with Crippen LogP contribution in [0.4, 0.5) is 0 Å². The van der Waals surface area contributed by atoms with Gasteiger partial charge in [-0.3, -0.25) is 4.79 Å². The van der Waals surface area contributed by atoms with Gasteiger partial charge < -0.3 is 23.7 Å². The van der Waals surface area contributed by atoms with Crippen LogP contribution >= 0.6 is 0 Å². The highest BCUT2D eigenvalue weighted by Crippen LogP contribution is 2.33. The van der Waals surface area contributed by atoms with E-state index in [0.29, 0.717) is 39.9 Å². The van der Waals surface area contributed by atoms with Crippen molar-refractivity contribution < 1.29 is 33.3 Å². The normalized spacial score (nSPS) is 11.9. The summed E-state index contributed by atoms with van der Waals surface area (Å²) >= 11 is 0. The van der Waals surface area contributed by atoms with E-state index in [2.05, 4.69) is 0 Å². The lowest BCUT2D eigenvalue weighted by atomic mass is 10.1. The molecule has 1 aliphatic rings. The lowest BCUT2D eigenvalue weighted by Gasteiger charge is -2.08. The summed E-state index contributed by atoms with van der Waals surface area (Å²) in [6, 6.07) is 16.7. The monoisotopic (exact) mass is 432 g/mol. The van der Waals surface area contributed by atoms with Crippen molar-refractivity contribution in [1.29, 1.82) is 0 Å². The van der Waals surface area contributed by atoms with Crippen molar-refractivity contribution in [3.8, 4) is 28.7 Å². The van der Waals surface area contributed by atoms with Crippen LogP contribution in [0.3, 0.4) is 0 Å². The van der Waals surface area contributed by atoms with Crippen LogP contribution in [-0.4, -0.2) is 32.8 Å². The molecule has 3 aromatic rings. The Morgan fingerprint density at radius 2 is 1.59 bits per heavy atom. The Bertz CT molecular complexity index is 1180. The summed E-state index contributed by atoms with van der Waals surface area (Å²) in [6.07, 6.45) is 3.12. The van der Waals surface area contributed by atoms with Crippen molar-refractivity contribution in [3.63, 3.8) is 0 Å². The van der Waals surface area contributed by atoms with Crippen molar-refractivity contribution in [2.24, 2.45) is 0 Å². The second kappa shape index (κ2) is 9.26. The predicted molar refractivity (Wildman–Crippen MR) is 117 cm³/mol. The minimum atomic E-state index is -0.508. The molecule has 0 saturated carbocycles. The lowest BCUT2D eigenvalue weighted by Crippen LogP contribution is -2.08. The average Bonchev–Trinajstić information content (AvgIpc) is 3.31. The van der Waals surface area contributed by atoms with Crippen molar-refractivity contribution in [3.05, 3.63) is 83.4 Å². The summed E-state index contributed by atoms with van der Waals surface area (Å²) in [7, 11) is 3.04. The van der Waals surface area contributed by atoms with Gasteiger partial charge in [-0.2, -0.15) is 0 Å². The summed E-state index contributed by atoms with van der Waals surface area (Å²) in [4.78, 5) is 25.0. The van der Waals surface area contributed by atoms with Gasteiger partial charge in [0.1, 0.15) is 17.2 Å². The number of benzene rings is 3. The van der Waals surface area contributed by atoms with Crippen LogP contribution in [0.25, 0.3) is 6.08 Å². The SMILES string of the molecule is COc1ccc(OC)c(C(=O)C=Cc2ccc(OC(=O)c3ccc4c(c3)OCO4)cc2)c1. The Hall–Kier alpha value is -4.26. The number of fused-ring (bicyclic) bond motifs is 1. The van der Waals surface area contributed by atoms with Crippen LogP contribution < -0.4 is 23.7 Å². The fourth-order valence-electron chi connectivity index (χ4n) is 3.10. The quantitative estimate of drug-likeness (QED) is 0.235. The minimum absolute atomic E-state index is 0.135. The second-order valence-corrected chi connectivity index (χ2v) is 6.79. The molecule has 0 saturated heterocycles. The molecule has 1 aliphatic heterocycles. The molecule has 4 rings (SSSR count). The third-order valence-electron chi connectivity index (χ3n) is 4.80. The Kier molecular flexibility index (Phi) is 6.07. The molecule has 32 heavy (non-hydrogen) atoms. The van der Waals surface area contributed by atoms with Crippen LogP contribution in [-0.2, 0) is 0 Å². The zero-order valence-corrected chi connectivity index (χ0v) is 17.5. The molecule has 0 amide bonds. The number of ether oxygens (including phenoxy) is 5. The molecule has 1 heterocycles. The molecular weight excluding hydrogens is 412 g/mol. The van der Waals surface area contributed by atoms with Gasteiger partial charge in [-0.15, -0.1) is 0 Å². The van der Waals surface area contributed by atoms with E-state index in [4.69, 9.17) is 23.7 Å². The minimum Gasteiger partial charge on any atom is -0.497 e. The predicted octanol–water partition coefficient (Wildman–Crippen LogP) is 4.55. The third-order valence-corrected chi connectivity index (χ3v) is 4.80. The molecule has 7 nitrogen and oxygen atoms in total. The van der Waals surface area contributed by atoms with Gasteiger partial charge >= 0.3 is 5.97 Å². The number of hydrogen-bond acceptors (Lipinski definition) is 7. The number of hydrogen-bond donors (Lipinski definition) is 0. The second-order valence-electron chi connectivity index (χ2n) is 6.79. The number of methoxy groups -OCH3 is 2. The third kappa shape index (κ3) is 4.57. The molecule has 0 bridgehead atoms. The fourth-order valence-corrected chi connectivity index (χ4v) is 3.10. The fraction of sp³-hybridized carbons (Fsp3) is 0.120. The van der Waals surface area contributed by atoms with Gasteiger partial charge in [0.05, 0.1) is 25.3 Å².